The first-order chi connectivity index (χ1) is 7.83. The first-order valence-electron chi connectivity index (χ1n) is 5.14. The number of benzene rings is 1. The number of hydrogen-bond acceptors (Lipinski definition) is 4. The van der Waals surface area contributed by atoms with Crippen molar-refractivity contribution in [3.8, 4) is 11.3 Å². The molecule has 0 fully saturated rings. The third-order valence-corrected chi connectivity index (χ3v) is 2.69. The van der Waals surface area contributed by atoms with Crippen molar-refractivity contribution in [1.82, 2.24) is 8.75 Å². The van der Waals surface area contributed by atoms with Crippen molar-refractivity contribution in [3.63, 3.8) is 0 Å². The van der Waals surface area contributed by atoms with E-state index in [0.29, 0.717) is 17.1 Å². The molecular formula is C11H12FN3S. The molecule has 0 saturated carbocycles. The van der Waals surface area contributed by atoms with E-state index < -0.39 is 0 Å². The van der Waals surface area contributed by atoms with Crippen LogP contribution < -0.4 is 5.32 Å². The van der Waals surface area contributed by atoms with Crippen LogP contribution in [0.4, 0.5) is 10.2 Å². The Bertz CT molecular complexity index is 470. The molecule has 0 aliphatic heterocycles. The van der Waals surface area contributed by atoms with E-state index in [0.717, 1.165) is 24.7 Å². The van der Waals surface area contributed by atoms with Gasteiger partial charge in [0.25, 0.3) is 0 Å². The molecule has 1 heterocycles. The number of aromatic nitrogens is 2. The normalized spacial score (nSPS) is 10.4. The molecular weight excluding hydrogens is 225 g/mol. The smallest absolute Gasteiger partial charge is 0.168 e. The molecule has 2 rings (SSSR count). The highest BCUT2D eigenvalue weighted by atomic mass is 32.1. The molecule has 16 heavy (non-hydrogen) atoms. The highest BCUT2D eigenvalue weighted by Crippen LogP contribution is 2.27. The van der Waals surface area contributed by atoms with Gasteiger partial charge in [-0.1, -0.05) is 19.1 Å². The molecule has 1 aromatic carbocycles. The number of nitrogens with one attached hydrogen (secondary N) is 1. The Morgan fingerprint density at radius 3 is 2.88 bits per heavy atom. The van der Waals surface area contributed by atoms with Crippen molar-refractivity contribution in [1.29, 1.82) is 0 Å². The lowest BCUT2D eigenvalue weighted by molar-refractivity contribution is 0.631. The average molecular weight is 237 g/mol. The molecule has 3 nitrogen and oxygen atoms in total. The Labute approximate surface area is 97.7 Å². The Morgan fingerprint density at radius 1 is 1.31 bits per heavy atom. The predicted octanol–water partition coefficient (Wildman–Crippen LogP) is 3.17. The second kappa shape index (κ2) is 5.03. The number of anilines is 1. The van der Waals surface area contributed by atoms with Gasteiger partial charge in [-0.2, -0.15) is 8.75 Å². The highest BCUT2D eigenvalue weighted by Gasteiger charge is 2.13. The summed E-state index contributed by atoms with van der Waals surface area (Å²) < 4.78 is 21.8. The summed E-state index contributed by atoms with van der Waals surface area (Å²) in [5.41, 5.74) is 1.09. The van der Waals surface area contributed by atoms with Crippen LogP contribution in [0.5, 0.6) is 0 Å². The zero-order valence-electron chi connectivity index (χ0n) is 8.90. The van der Waals surface area contributed by atoms with Gasteiger partial charge in [-0.05, 0) is 18.6 Å². The third kappa shape index (κ3) is 2.19. The maximum Gasteiger partial charge on any atom is 0.168 e. The summed E-state index contributed by atoms with van der Waals surface area (Å²) in [5, 5.41) is 3.14. The van der Waals surface area contributed by atoms with E-state index in [1.165, 1.54) is 6.07 Å². The van der Waals surface area contributed by atoms with Crippen LogP contribution in [0.2, 0.25) is 0 Å². The van der Waals surface area contributed by atoms with Crippen LogP contribution in [-0.2, 0) is 0 Å². The summed E-state index contributed by atoms with van der Waals surface area (Å²) in [5.74, 6) is 0.395. The molecule has 0 unspecified atom stereocenters. The summed E-state index contributed by atoms with van der Waals surface area (Å²) in [7, 11) is 0. The number of halogens is 1. The summed E-state index contributed by atoms with van der Waals surface area (Å²) in [4.78, 5) is 0. The minimum absolute atomic E-state index is 0.269. The van der Waals surface area contributed by atoms with E-state index in [-0.39, 0.29) is 5.82 Å². The molecule has 5 heteroatoms. The van der Waals surface area contributed by atoms with Crippen molar-refractivity contribution in [2.45, 2.75) is 13.3 Å². The van der Waals surface area contributed by atoms with Gasteiger partial charge in [-0.15, -0.1) is 0 Å². The van der Waals surface area contributed by atoms with Gasteiger partial charge in [0.1, 0.15) is 11.5 Å². The van der Waals surface area contributed by atoms with Gasteiger partial charge in [0.2, 0.25) is 0 Å². The Hall–Kier alpha value is -1.49. The minimum Gasteiger partial charge on any atom is -0.367 e. The van der Waals surface area contributed by atoms with Gasteiger partial charge in [0.15, 0.2) is 5.82 Å². The first kappa shape index (κ1) is 11.0. The minimum atomic E-state index is -0.269. The van der Waals surface area contributed by atoms with E-state index in [1.54, 1.807) is 18.2 Å². The van der Waals surface area contributed by atoms with Gasteiger partial charge < -0.3 is 5.32 Å². The Balaban J connectivity index is 2.33. The number of hydrogen-bond donors (Lipinski definition) is 1. The summed E-state index contributed by atoms with van der Waals surface area (Å²) >= 11 is 1.09. The zero-order chi connectivity index (χ0) is 11.4. The van der Waals surface area contributed by atoms with Crippen LogP contribution >= 0.6 is 11.7 Å². The lowest BCUT2D eigenvalue weighted by atomic mass is 10.1. The fraction of sp³-hybridized carbons (Fsp3) is 0.273. The molecule has 0 atom stereocenters. The van der Waals surface area contributed by atoms with E-state index in [4.69, 9.17) is 0 Å². The monoisotopic (exact) mass is 237 g/mol. The molecule has 2 aromatic rings. The van der Waals surface area contributed by atoms with E-state index in [1.807, 2.05) is 0 Å². The topological polar surface area (TPSA) is 37.8 Å². The molecule has 1 aromatic heterocycles. The molecule has 0 aliphatic carbocycles. The molecule has 0 aliphatic rings. The van der Waals surface area contributed by atoms with Crippen LogP contribution in [0.3, 0.4) is 0 Å². The quantitative estimate of drug-likeness (QED) is 0.887. The molecule has 0 radical (unpaired) electrons. The van der Waals surface area contributed by atoms with E-state index in [2.05, 4.69) is 21.0 Å². The van der Waals surface area contributed by atoms with Crippen LogP contribution in [0.25, 0.3) is 11.3 Å². The number of nitrogens with zero attached hydrogens (tertiary/aromatic N) is 2. The van der Waals surface area contributed by atoms with Crippen molar-refractivity contribution >= 4 is 17.5 Å². The zero-order valence-corrected chi connectivity index (χ0v) is 9.72. The molecule has 0 spiro atoms. The van der Waals surface area contributed by atoms with Crippen molar-refractivity contribution in [2.24, 2.45) is 0 Å². The van der Waals surface area contributed by atoms with Gasteiger partial charge in [0, 0.05) is 12.1 Å². The van der Waals surface area contributed by atoms with Crippen molar-refractivity contribution in [3.05, 3.63) is 30.1 Å². The third-order valence-electron chi connectivity index (χ3n) is 2.16. The van der Waals surface area contributed by atoms with E-state index >= 15 is 0 Å². The van der Waals surface area contributed by atoms with Crippen molar-refractivity contribution in [2.75, 3.05) is 11.9 Å². The summed E-state index contributed by atoms with van der Waals surface area (Å²) in [6.45, 7) is 2.88. The largest absolute Gasteiger partial charge is 0.367 e. The lowest BCUT2D eigenvalue weighted by Gasteiger charge is -2.04. The molecule has 0 bridgehead atoms. The van der Waals surface area contributed by atoms with E-state index in [9.17, 15) is 4.39 Å². The van der Waals surface area contributed by atoms with Crippen molar-refractivity contribution < 1.29 is 4.39 Å². The first-order valence-corrected chi connectivity index (χ1v) is 5.87. The highest BCUT2D eigenvalue weighted by molar-refractivity contribution is 6.99. The van der Waals surface area contributed by atoms with Gasteiger partial charge >= 0.3 is 0 Å². The average Bonchev–Trinajstić information content (AvgIpc) is 2.75. The SMILES string of the molecule is CCCNc1nsnc1-c1ccccc1F. The molecule has 0 amide bonds. The predicted molar refractivity (Wildman–Crippen MR) is 64.1 cm³/mol. The fourth-order valence-corrected chi connectivity index (χ4v) is 1.92. The molecule has 84 valence electrons. The lowest BCUT2D eigenvalue weighted by Crippen LogP contribution is -2.01. The standard InChI is InChI=1S/C11H12FN3S/c1-2-7-13-11-10(14-16-15-11)8-5-3-4-6-9(8)12/h3-6H,2,7H2,1H3,(H,13,15). The van der Waals surface area contributed by atoms with Crippen LogP contribution in [0, 0.1) is 5.82 Å². The van der Waals surface area contributed by atoms with Crippen LogP contribution in [-0.4, -0.2) is 15.3 Å². The molecule has 0 saturated heterocycles. The van der Waals surface area contributed by atoms with Gasteiger partial charge in [-0.3, -0.25) is 0 Å². The van der Waals surface area contributed by atoms with Crippen LogP contribution in [0.15, 0.2) is 24.3 Å². The second-order valence-corrected chi connectivity index (χ2v) is 3.90. The second-order valence-electron chi connectivity index (χ2n) is 3.37. The van der Waals surface area contributed by atoms with Gasteiger partial charge in [0.05, 0.1) is 11.7 Å². The maximum atomic E-state index is 13.6. The Kier molecular flexibility index (Phi) is 3.46. The Morgan fingerprint density at radius 2 is 2.12 bits per heavy atom. The fourth-order valence-electron chi connectivity index (χ4n) is 1.38. The summed E-state index contributed by atoms with van der Waals surface area (Å²) in [6, 6.07) is 6.60. The molecule has 1 N–H and O–H groups in total. The van der Waals surface area contributed by atoms with Crippen LogP contribution in [0.1, 0.15) is 13.3 Å². The number of rotatable bonds is 4. The van der Waals surface area contributed by atoms with Gasteiger partial charge in [-0.25, -0.2) is 4.39 Å². The summed E-state index contributed by atoms with van der Waals surface area (Å²) in [6.07, 6.45) is 0.994. The maximum absolute atomic E-state index is 13.6.